The molecule has 0 radical (unpaired) electrons. The van der Waals surface area contributed by atoms with Crippen molar-refractivity contribution in [2.24, 2.45) is 5.11 Å². The Morgan fingerprint density at radius 2 is 2.08 bits per heavy atom. The van der Waals surface area contributed by atoms with Crippen LogP contribution >= 0.6 is 7.75 Å². The van der Waals surface area contributed by atoms with Crippen LogP contribution in [0.25, 0.3) is 10.4 Å². The van der Waals surface area contributed by atoms with Crippen molar-refractivity contribution in [2.75, 3.05) is 12.3 Å². The number of aromatic nitrogens is 2. The largest absolute Gasteiger partial charge is 0.461 e. The van der Waals surface area contributed by atoms with E-state index < -0.39 is 56.0 Å². The first-order valence-electron chi connectivity index (χ1n) is 12.8. The van der Waals surface area contributed by atoms with E-state index in [0.717, 1.165) is 30.3 Å². The molecule has 1 unspecified atom stereocenters. The lowest BCUT2D eigenvalue weighted by Crippen LogP contribution is -2.45. The number of rotatable bonds is 11. The summed E-state index contributed by atoms with van der Waals surface area (Å²) in [7, 11) is -4.28. The van der Waals surface area contributed by atoms with Gasteiger partial charge in [0.15, 0.2) is 6.23 Å². The van der Waals surface area contributed by atoms with Gasteiger partial charge in [0.2, 0.25) is 0 Å². The molecule has 0 spiro atoms. The van der Waals surface area contributed by atoms with Gasteiger partial charge in [-0.3, -0.25) is 13.9 Å². The van der Waals surface area contributed by atoms with Crippen LogP contribution in [0.2, 0.25) is 0 Å². The van der Waals surface area contributed by atoms with Gasteiger partial charge in [0.25, 0.3) is 0 Å². The molecule has 4 N–H and O–H groups in total. The van der Waals surface area contributed by atoms with E-state index in [0.29, 0.717) is 0 Å². The minimum Gasteiger partial charge on any atom is -0.461 e. The highest BCUT2D eigenvalue weighted by atomic mass is 31.2. The number of para-hydroxylation sites is 1. The molecule has 1 saturated heterocycles. The summed E-state index contributed by atoms with van der Waals surface area (Å²) in [6.45, 7) is 2.33. The zero-order valence-corrected chi connectivity index (χ0v) is 22.9. The maximum absolute atomic E-state index is 13.9. The van der Waals surface area contributed by atoms with E-state index in [1.54, 1.807) is 30.3 Å². The van der Waals surface area contributed by atoms with Crippen LogP contribution in [0, 0.1) is 0 Å². The van der Waals surface area contributed by atoms with E-state index in [9.17, 15) is 19.3 Å². The van der Waals surface area contributed by atoms with Crippen molar-refractivity contribution in [3.63, 3.8) is 0 Å². The average Bonchev–Trinajstić information content (AvgIpc) is 3.50. The number of aliphatic hydroxyl groups is 1. The third kappa shape index (κ3) is 6.64. The fourth-order valence-corrected chi connectivity index (χ4v) is 6.13. The van der Waals surface area contributed by atoms with E-state index in [1.165, 1.54) is 26.1 Å². The molecule has 216 valence electrons. The Labute approximate surface area is 229 Å². The normalized spacial score (nSPS) is 26.9. The predicted octanol–water partition coefficient (Wildman–Crippen LogP) is 2.82. The number of nitrogen functional groups attached to an aromatic ring is 1. The van der Waals surface area contributed by atoms with Gasteiger partial charge in [-0.25, -0.2) is 9.36 Å². The van der Waals surface area contributed by atoms with E-state index in [2.05, 4.69) is 20.1 Å². The number of nitrogens with zero attached hydrogens (tertiary/aromatic N) is 5. The van der Waals surface area contributed by atoms with Gasteiger partial charge in [0, 0.05) is 11.1 Å². The third-order valence-corrected chi connectivity index (χ3v) is 8.43. The number of anilines is 1. The van der Waals surface area contributed by atoms with Crippen molar-refractivity contribution >= 4 is 19.5 Å². The summed E-state index contributed by atoms with van der Waals surface area (Å²) in [6, 6.07) is 8.44. The van der Waals surface area contributed by atoms with Crippen LogP contribution in [0.1, 0.15) is 45.8 Å². The van der Waals surface area contributed by atoms with Crippen LogP contribution in [0.15, 0.2) is 52.5 Å². The van der Waals surface area contributed by atoms with Gasteiger partial charge >= 0.3 is 19.4 Å². The Hall–Kier alpha value is -3.45. The zero-order valence-electron chi connectivity index (χ0n) is 22.0. The molecule has 4 rings (SSSR count). The first-order valence-corrected chi connectivity index (χ1v) is 14.3. The van der Waals surface area contributed by atoms with Gasteiger partial charge in [-0.05, 0) is 63.3 Å². The molecule has 15 nitrogen and oxygen atoms in total. The summed E-state index contributed by atoms with van der Waals surface area (Å²) in [5, 5.41) is 17.4. The van der Waals surface area contributed by atoms with Crippen molar-refractivity contribution in [2.45, 2.75) is 75.7 Å². The molecule has 2 fully saturated rings. The van der Waals surface area contributed by atoms with Crippen LogP contribution in [0.4, 0.5) is 5.82 Å². The van der Waals surface area contributed by atoms with Crippen LogP contribution < -0.4 is 21.0 Å². The van der Waals surface area contributed by atoms with Crippen molar-refractivity contribution in [1.82, 2.24) is 14.6 Å². The maximum atomic E-state index is 13.9. The SMILES string of the molecule is C[C@H](NP(=O)(OC[C@H]1O[C@H](n2ccc(N)nc2=O)[C@](C)(N=[N+]=[N-])[C@@H]1O)Oc1ccccc1)C(=O)OC1CCCC1. The van der Waals surface area contributed by atoms with Crippen LogP contribution in [-0.2, 0) is 23.4 Å². The number of carbonyl (C=O) groups is 1. The van der Waals surface area contributed by atoms with Crippen LogP contribution in [-0.4, -0.2) is 57.1 Å². The second kappa shape index (κ2) is 12.4. The van der Waals surface area contributed by atoms with Gasteiger partial charge < -0.3 is 24.8 Å². The number of benzene rings is 1. The lowest BCUT2D eigenvalue weighted by atomic mass is 9.93. The Morgan fingerprint density at radius 1 is 1.38 bits per heavy atom. The summed E-state index contributed by atoms with van der Waals surface area (Å²) >= 11 is 0. The van der Waals surface area contributed by atoms with E-state index in [-0.39, 0.29) is 17.7 Å². The highest BCUT2D eigenvalue weighted by molar-refractivity contribution is 7.52. The number of nitrogens with two attached hydrogens (primary N) is 1. The number of hydrogen-bond donors (Lipinski definition) is 3. The minimum absolute atomic E-state index is 0.0317. The number of esters is 1. The number of nitrogens with one attached hydrogen (secondary N) is 1. The molecule has 2 aliphatic rings. The van der Waals surface area contributed by atoms with Crippen molar-refractivity contribution in [3.8, 4) is 5.75 Å². The quantitative estimate of drug-likeness (QED) is 0.116. The fraction of sp³-hybridized carbons (Fsp3) is 0.542. The molecule has 1 saturated carbocycles. The fourth-order valence-electron chi connectivity index (χ4n) is 4.63. The Balaban J connectivity index is 1.54. The number of ether oxygens (including phenoxy) is 2. The molecule has 40 heavy (non-hydrogen) atoms. The zero-order chi connectivity index (χ0) is 28.9. The van der Waals surface area contributed by atoms with Crippen molar-refractivity contribution < 1.29 is 33.0 Å². The number of aliphatic hydroxyl groups excluding tert-OH is 1. The molecule has 1 aromatic heterocycles. The second-order valence-electron chi connectivity index (χ2n) is 9.82. The summed E-state index contributed by atoms with van der Waals surface area (Å²) in [5.74, 6) is -0.453. The first-order chi connectivity index (χ1) is 19.0. The van der Waals surface area contributed by atoms with E-state index in [1.807, 2.05) is 0 Å². The first kappa shape index (κ1) is 29.5. The van der Waals surface area contributed by atoms with Gasteiger partial charge in [-0.2, -0.15) is 10.1 Å². The molecule has 0 amide bonds. The standard InChI is InChI=1S/C24H32N7O8P/c1-15(21(33)37-16-8-6-7-9-16)28-40(35,39-17-10-4-3-5-11-17)36-14-18-20(32)24(2,29-30-26)22(38-18)31-13-12-19(25)27-23(31)34/h3-5,10-13,15-16,18,20,22,32H,6-9,14H2,1-2H3,(H,28,35)(H2,25,27,34)/t15-,18+,20+,22-,24+,40?/m0/s1. The Kier molecular flexibility index (Phi) is 9.14. The summed E-state index contributed by atoms with van der Waals surface area (Å²) < 4.78 is 37.6. The molecule has 0 bridgehead atoms. The Morgan fingerprint density at radius 3 is 2.73 bits per heavy atom. The smallest absolute Gasteiger partial charge is 0.459 e. The number of carbonyl (C=O) groups excluding carboxylic acids is 1. The second-order valence-corrected chi connectivity index (χ2v) is 11.5. The number of hydrogen-bond acceptors (Lipinski definition) is 11. The summed E-state index contributed by atoms with van der Waals surface area (Å²) in [5.41, 5.74) is 12.3. The van der Waals surface area contributed by atoms with E-state index in [4.69, 9.17) is 29.8 Å². The molecular weight excluding hydrogens is 545 g/mol. The van der Waals surface area contributed by atoms with Crippen molar-refractivity contribution in [3.05, 3.63) is 63.5 Å². The molecule has 1 aromatic carbocycles. The predicted molar refractivity (Wildman–Crippen MR) is 142 cm³/mol. The molecular formula is C24H32N7O8P. The summed E-state index contributed by atoms with van der Waals surface area (Å²) in [6.07, 6.45) is 0.522. The third-order valence-electron chi connectivity index (χ3n) is 6.79. The molecule has 1 aliphatic heterocycles. The molecule has 2 aromatic rings. The molecule has 16 heteroatoms. The maximum Gasteiger partial charge on any atom is 0.459 e. The van der Waals surface area contributed by atoms with Gasteiger partial charge in [0.1, 0.15) is 35.4 Å². The summed E-state index contributed by atoms with van der Waals surface area (Å²) in [4.78, 5) is 31.6. The number of azide groups is 1. The highest BCUT2D eigenvalue weighted by Gasteiger charge is 2.55. The average molecular weight is 578 g/mol. The van der Waals surface area contributed by atoms with Crippen LogP contribution in [0.3, 0.4) is 0 Å². The molecule has 2 heterocycles. The lowest BCUT2D eigenvalue weighted by molar-refractivity contribution is -0.150. The van der Waals surface area contributed by atoms with Crippen LogP contribution in [0.5, 0.6) is 5.75 Å². The van der Waals surface area contributed by atoms with Gasteiger partial charge in [-0.15, -0.1) is 0 Å². The minimum atomic E-state index is -4.28. The molecule has 6 atom stereocenters. The monoisotopic (exact) mass is 577 g/mol. The highest BCUT2D eigenvalue weighted by Crippen LogP contribution is 2.47. The van der Waals surface area contributed by atoms with E-state index >= 15 is 0 Å². The van der Waals surface area contributed by atoms with Gasteiger partial charge in [-0.1, -0.05) is 23.3 Å². The molecule has 1 aliphatic carbocycles. The Bertz CT molecular complexity index is 1350. The topological polar surface area (TPSA) is 213 Å². The van der Waals surface area contributed by atoms with Gasteiger partial charge in [0.05, 0.1) is 12.7 Å². The lowest BCUT2D eigenvalue weighted by Gasteiger charge is -2.28. The van der Waals surface area contributed by atoms with Crippen molar-refractivity contribution in [1.29, 1.82) is 0 Å².